The van der Waals surface area contributed by atoms with E-state index in [9.17, 15) is 9.90 Å². The molecule has 172 valence electrons. The van der Waals surface area contributed by atoms with Crippen LogP contribution in [-0.4, -0.2) is 24.3 Å². The summed E-state index contributed by atoms with van der Waals surface area (Å²) in [6.45, 7) is 14.2. The van der Waals surface area contributed by atoms with E-state index in [0.29, 0.717) is 17.9 Å². The largest absolute Gasteiger partial charge is 0.462 e. The molecular weight excluding hydrogens is 372 g/mol. The van der Waals surface area contributed by atoms with Crippen LogP contribution in [0.1, 0.15) is 99.3 Å². The van der Waals surface area contributed by atoms with E-state index in [0.717, 1.165) is 48.7 Å². The lowest BCUT2D eigenvalue weighted by atomic mass is 9.62. The molecule has 0 aromatic heterocycles. The second-order valence-corrected chi connectivity index (χ2v) is 11.3. The molecule has 0 bridgehead atoms. The molecule has 0 aliphatic heterocycles. The van der Waals surface area contributed by atoms with Gasteiger partial charge in [-0.15, -0.1) is 0 Å². The van der Waals surface area contributed by atoms with Crippen LogP contribution in [0.5, 0.6) is 0 Å². The molecule has 1 N–H and O–H groups in total. The lowest BCUT2D eigenvalue weighted by Crippen LogP contribution is -2.33. The zero-order valence-electron chi connectivity index (χ0n) is 20.4. The van der Waals surface area contributed by atoms with E-state index < -0.39 is 0 Å². The predicted molar refractivity (Wildman–Crippen MR) is 125 cm³/mol. The second-order valence-electron chi connectivity index (χ2n) is 11.3. The highest BCUT2D eigenvalue weighted by molar-refractivity contribution is 5.91. The van der Waals surface area contributed by atoms with Crippen molar-refractivity contribution in [1.29, 1.82) is 0 Å². The van der Waals surface area contributed by atoms with Crippen LogP contribution in [0.15, 0.2) is 23.3 Å². The van der Waals surface area contributed by atoms with Gasteiger partial charge in [-0.2, -0.15) is 0 Å². The Kier molecular flexibility index (Phi) is 9.21. The maximum Gasteiger partial charge on any atom is 0.334 e. The standard InChI is InChI=1S/C27H46O3/c1-20-11-8-16-26(3,4)23(20)15-7-13-22(19-28)14-10-18-30-25(29)24-21(2)12-9-17-27(24,5)6/h9,12,20,22-23,28H,7-8,10-11,13-19H2,1-6H3/t20-,22-,23-/m1/s1. The van der Waals surface area contributed by atoms with Crippen LogP contribution in [0.25, 0.3) is 0 Å². The SMILES string of the molecule is CC1=C(C(=O)OCCC[C@H](CO)CCC[C@@H]2[C@H](C)CCCC2(C)C)C(C)(C)CC=C1. The molecule has 2 aliphatic carbocycles. The number of ether oxygens (including phenoxy) is 1. The minimum atomic E-state index is -0.170. The molecule has 1 saturated carbocycles. The maximum absolute atomic E-state index is 12.6. The van der Waals surface area contributed by atoms with Crippen molar-refractivity contribution in [2.45, 2.75) is 99.3 Å². The molecule has 0 heterocycles. The van der Waals surface area contributed by atoms with Gasteiger partial charge in [0.15, 0.2) is 0 Å². The first-order valence-corrected chi connectivity index (χ1v) is 12.2. The number of hydrogen-bond acceptors (Lipinski definition) is 3. The molecule has 0 aromatic rings. The minimum Gasteiger partial charge on any atom is -0.462 e. The molecule has 3 heteroatoms. The minimum absolute atomic E-state index is 0.159. The molecule has 30 heavy (non-hydrogen) atoms. The summed E-state index contributed by atoms with van der Waals surface area (Å²) in [7, 11) is 0. The van der Waals surface area contributed by atoms with E-state index in [1.165, 1.54) is 32.1 Å². The molecule has 0 aromatic carbocycles. The van der Waals surface area contributed by atoms with Gasteiger partial charge >= 0.3 is 5.97 Å². The molecule has 0 spiro atoms. The number of carbonyl (C=O) groups is 1. The molecule has 0 radical (unpaired) electrons. The maximum atomic E-state index is 12.6. The molecule has 2 aliphatic rings. The summed E-state index contributed by atoms with van der Waals surface area (Å²) in [5.74, 6) is 1.77. The Bertz CT molecular complexity index is 626. The van der Waals surface area contributed by atoms with Crippen molar-refractivity contribution in [3.8, 4) is 0 Å². The fourth-order valence-corrected chi connectivity index (χ4v) is 5.96. The number of rotatable bonds is 10. The zero-order chi connectivity index (χ0) is 22.4. The Hall–Kier alpha value is -1.09. The number of aliphatic hydroxyl groups excluding tert-OH is 1. The second kappa shape index (κ2) is 11.0. The molecule has 0 unspecified atom stereocenters. The van der Waals surface area contributed by atoms with Gasteiger partial charge in [0, 0.05) is 17.6 Å². The van der Waals surface area contributed by atoms with Crippen molar-refractivity contribution in [1.82, 2.24) is 0 Å². The first kappa shape index (κ1) is 25.2. The van der Waals surface area contributed by atoms with Crippen molar-refractivity contribution in [2.24, 2.45) is 28.6 Å². The normalized spacial score (nSPS) is 26.5. The summed E-state index contributed by atoms with van der Waals surface area (Å²) in [6, 6.07) is 0. The lowest BCUT2D eigenvalue weighted by Gasteiger charge is -2.43. The van der Waals surface area contributed by atoms with Gasteiger partial charge in [0.05, 0.1) is 6.61 Å². The van der Waals surface area contributed by atoms with E-state index in [2.05, 4.69) is 40.7 Å². The first-order valence-electron chi connectivity index (χ1n) is 12.2. The van der Waals surface area contributed by atoms with Gasteiger partial charge in [0.2, 0.25) is 0 Å². The molecule has 3 atom stereocenters. The molecule has 3 nitrogen and oxygen atoms in total. The van der Waals surface area contributed by atoms with Crippen molar-refractivity contribution < 1.29 is 14.6 Å². The number of carbonyl (C=O) groups excluding carboxylic acids is 1. The quantitative estimate of drug-likeness (QED) is 0.311. The molecule has 1 fully saturated rings. The van der Waals surface area contributed by atoms with E-state index >= 15 is 0 Å². The van der Waals surface area contributed by atoms with Crippen molar-refractivity contribution in [3.63, 3.8) is 0 Å². The fourth-order valence-electron chi connectivity index (χ4n) is 5.96. The average Bonchev–Trinajstić information content (AvgIpc) is 2.64. The summed E-state index contributed by atoms with van der Waals surface area (Å²) in [6.07, 6.45) is 14.4. The Morgan fingerprint density at radius 3 is 2.57 bits per heavy atom. The van der Waals surface area contributed by atoms with Crippen LogP contribution < -0.4 is 0 Å². The van der Waals surface area contributed by atoms with Crippen molar-refractivity contribution in [3.05, 3.63) is 23.3 Å². The Morgan fingerprint density at radius 1 is 1.23 bits per heavy atom. The third-order valence-electron chi connectivity index (χ3n) is 7.82. The van der Waals surface area contributed by atoms with E-state index in [1.807, 2.05) is 13.0 Å². The number of aliphatic hydroxyl groups is 1. The molecule has 2 rings (SSSR count). The van der Waals surface area contributed by atoms with Gasteiger partial charge in [-0.05, 0) is 74.2 Å². The van der Waals surface area contributed by atoms with E-state index in [-0.39, 0.29) is 18.0 Å². The van der Waals surface area contributed by atoms with Gasteiger partial charge in [0.1, 0.15) is 0 Å². The van der Waals surface area contributed by atoms with Crippen molar-refractivity contribution >= 4 is 5.97 Å². The number of hydrogen-bond donors (Lipinski definition) is 1. The lowest BCUT2D eigenvalue weighted by molar-refractivity contribution is -0.140. The predicted octanol–water partition coefficient (Wildman–Crippen LogP) is 6.85. The van der Waals surface area contributed by atoms with Crippen LogP contribution in [0.3, 0.4) is 0 Å². The highest BCUT2D eigenvalue weighted by Crippen LogP contribution is 2.46. The molecule has 0 saturated heterocycles. The Morgan fingerprint density at radius 2 is 1.93 bits per heavy atom. The van der Waals surface area contributed by atoms with Gasteiger partial charge in [-0.25, -0.2) is 4.79 Å². The van der Waals surface area contributed by atoms with Crippen LogP contribution in [0.2, 0.25) is 0 Å². The summed E-state index contributed by atoms with van der Waals surface area (Å²) >= 11 is 0. The van der Waals surface area contributed by atoms with Gasteiger partial charge in [-0.1, -0.05) is 66.0 Å². The van der Waals surface area contributed by atoms with E-state index in [4.69, 9.17) is 4.74 Å². The molecule has 0 amide bonds. The van der Waals surface area contributed by atoms with Crippen LogP contribution >= 0.6 is 0 Å². The van der Waals surface area contributed by atoms with Crippen LogP contribution in [0.4, 0.5) is 0 Å². The first-order chi connectivity index (χ1) is 14.1. The topological polar surface area (TPSA) is 46.5 Å². The third-order valence-corrected chi connectivity index (χ3v) is 7.82. The third kappa shape index (κ3) is 6.70. The summed E-state index contributed by atoms with van der Waals surface area (Å²) < 4.78 is 5.61. The smallest absolute Gasteiger partial charge is 0.334 e. The van der Waals surface area contributed by atoms with Crippen LogP contribution in [0, 0.1) is 28.6 Å². The monoisotopic (exact) mass is 418 g/mol. The highest BCUT2D eigenvalue weighted by Gasteiger charge is 2.36. The van der Waals surface area contributed by atoms with Gasteiger partial charge < -0.3 is 9.84 Å². The summed E-state index contributed by atoms with van der Waals surface area (Å²) in [5.41, 5.74) is 2.13. The average molecular weight is 419 g/mol. The van der Waals surface area contributed by atoms with Crippen molar-refractivity contribution in [2.75, 3.05) is 13.2 Å². The van der Waals surface area contributed by atoms with Crippen LogP contribution in [-0.2, 0) is 9.53 Å². The Balaban J connectivity index is 1.72. The molecular formula is C27H46O3. The van der Waals surface area contributed by atoms with E-state index in [1.54, 1.807) is 0 Å². The zero-order valence-corrected chi connectivity index (χ0v) is 20.4. The highest BCUT2D eigenvalue weighted by atomic mass is 16.5. The Labute approximate surface area is 185 Å². The number of allylic oxidation sites excluding steroid dienone is 3. The summed E-state index contributed by atoms with van der Waals surface area (Å²) in [4.78, 5) is 12.6. The van der Waals surface area contributed by atoms with Gasteiger partial charge in [0.25, 0.3) is 0 Å². The number of esters is 1. The summed E-state index contributed by atoms with van der Waals surface area (Å²) in [5, 5.41) is 9.81. The fraction of sp³-hybridized carbons (Fsp3) is 0.815. The van der Waals surface area contributed by atoms with Gasteiger partial charge in [-0.3, -0.25) is 0 Å².